The number of aryl methyl sites for hydroxylation is 1. The summed E-state index contributed by atoms with van der Waals surface area (Å²) < 4.78 is 10.1. The van der Waals surface area contributed by atoms with Crippen molar-refractivity contribution in [3.05, 3.63) is 47.5 Å². The van der Waals surface area contributed by atoms with E-state index in [0.717, 1.165) is 31.2 Å². The Labute approximate surface area is 187 Å². The number of rotatable bonds is 8. The molecule has 170 valence electrons. The van der Waals surface area contributed by atoms with Crippen molar-refractivity contribution >= 4 is 34.8 Å². The lowest BCUT2D eigenvalue weighted by Gasteiger charge is -2.15. The molecule has 3 N–H and O–H groups in total. The van der Waals surface area contributed by atoms with Crippen molar-refractivity contribution in [1.29, 1.82) is 0 Å². The van der Waals surface area contributed by atoms with Crippen LogP contribution in [0.1, 0.15) is 41.6 Å². The molecular formula is C24H29N3O5. The lowest BCUT2D eigenvalue weighted by atomic mass is 10.1. The number of methoxy groups -OCH3 is 2. The number of nitrogens with one attached hydrogen (secondary N) is 3. The van der Waals surface area contributed by atoms with Crippen LogP contribution in [0.3, 0.4) is 0 Å². The van der Waals surface area contributed by atoms with Crippen molar-refractivity contribution in [2.45, 2.75) is 32.6 Å². The first-order valence-electron chi connectivity index (χ1n) is 10.6. The maximum atomic E-state index is 12.8. The van der Waals surface area contributed by atoms with Crippen molar-refractivity contribution in [1.82, 2.24) is 0 Å². The fraction of sp³-hybridized carbons (Fsp3) is 0.375. The molecule has 3 amide bonds. The number of anilines is 3. The molecule has 2 aromatic carbocycles. The third-order valence-electron chi connectivity index (χ3n) is 5.49. The molecule has 2 aromatic rings. The molecule has 0 atom stereocenters. The number of carbonyl (C=O) groups is 3. The number of hydrogen-bond donors (Lipinski definition) is 3. The molecule has 8 nitrogen and oxygen atoms in total. The summed E-state index contributed by atoms with van der Waals surface area (Å²) in [5, 5.41) is 8.49. The average Bonchev–Trinajstić information content (AvgIpc) is 3.31. The molecule has 1 fully saturated rings. The van der Waals surface area contributed by atoms with Gasteiger partial charge in [-0.2, -0.15) is 0 Å². The Morgan fingerprint density at radius 2 is 1.69 bits per heavy atom. The van der Waals surface area contributed by atoms with Crippen LogP contribution in [0, 0.1) is 12.8 Å². The maximum absolute atomic E-state index is 12.8. The van der Waals surface area contributed by atoms with E-state index >= 15 is 0 Å². The number of ether oxygens (including phenoxy) is 2. The first-order chi connectivity index (χ1) is 15.4. The Morgan fingerprint density at radius 3 is 2.38 bits per heavy atom. The largest absolute Gasteiger partial charge is 0.495 e. The molecule has 0 saturated heterocycles. The van der Waals surface area contributed by atoms with Crippen molar-refractivity contribution < 1.29 is 23.9 Å². The second-order valence-corrected chi connectivity index (χ2v) is 7.85. The van der Waals surface area contributed by atoms with Gasteiger partial charge < -0.3 is 25.4 Å². The van der Waals surface area contributed by atoms with Gasteiger partial charge in [0.1, 0.15) is 12.4 Å². The number of hydrogen-bond acceptors (Lipinski definition) is 5. The Kier molecular flexibility index (Phi) is 7.83. The third-order valence-corrected chi connectivity index (χ3v) is 5.49. The minimum Gasteiger partial charge on any atom is -0.495 e. The molecule has 0 heterocycles. The van der Waals surface area contributed by atoms with Crippen LogP contribution >= 0.6 is 0 Å². The summed E-state index contributed by atoms with van der Waals surface area (Å²) in [6, 6.07) is 10.1. The SMILES string of the molecule is COCC(=O)Nc1cc(NC(=O)c2ccc(C)c(NC(=O)C3CCCC3)c2)ccc1OC. The normalized spacial score (nSPS) is 13.5. The topological polar surface area (TPSA) is 106 Å². The molecule has 0 aliphatic heterocycles. The Morgan fingerprint density at radius 1 is 0.938 bits per heavy atom. The summed E-state index contributed by atoms with van der Waals surface area (Å²) in [6.07, 6.45) is 3.97. The Balaban J connectivity index is 1.73. The summed E-state index contributed by atoms with van der Waals surface area (Å²) in [6.45, 7) is 1.79. The molecular weight excluding hydrogens is 410 g/mol. The van der Waals surface area contributed by atoms with E-state index in [-0.39, 0.29) is 30.2 Å². The van der Waals surface area contributed by atoms with Gasteiger partial charge in [-0.15, -0.1) is 0 Å². The Hall–Kier alpha value is -3.39. The molecule has 3 rings (SSSR count). The minimum atomic E-state index is -0.338. The highest BCUT2D eigenvalue weighted by Crippen LogP contribution is 2.29. The molecule has 0 unspecified atom stereocenters. The van der Waals surface area contributed by atoms with Gasteiger partial charge in [0.2, 0.25) is 11.8 Å². The average molecular weight is 440 g/mol. The summed E-state index contributed by atoms with van der Waals surface area (Å²) in [4.78, 5) is 37.2. The Bertz CT molecular complexity index is 999. The van der Waals surface area contributed by atoms with Crippen LogP contribution < -0.4 is 20.7 Å². The first-order valence-corrected chi connectivity index (χ1v) is 10.6. The first kappa shape index (κ1) is 23.3. The molecule has 0 bridgehead atoms. The van der Waals surface area contributed by atoms with E-state index in [2.05, 4.69) is 16.0 Å². The van der Waals surface area contributed by atoms with Crippen LogP contribution in [0.5, 0.6) is 5.75 Å². The molecule has 0 radical (unpaired) electrons. The van der Waals surface area contributed by atoms with Gasteiger partial charge in [-0.05, 0) is 55.7 Å². The van der Waals surface area contributed by atoms with Gasteiger partial charge in [0.15, 0.2) is 0 Å². The minimum absolute atomic E-state index is 0.00903. The standard InChI is InChI=1S/C24H29N3O5/c1-15-8-9-17(12-19(15)27-23(29)16-6-4-5-7-16)24(30)25-18-10-11-21(32-3)20(13-18)26-22(28)14-31-2/h8-13,16H,4-7,14H2,1-3H3,(H,25,30)(H,26,28)(H,27,29). The second-order valence-electron chi connectivity index (χ2n) is 7.85. The lowest BCUT2D eigenvalue weighted by molar-refractivity contribution is -0.120. The van der Waals surface area contributed by atoms with Crippen molar-refractivity contribution in [2.75, 3.05) is 36.8 Å². The van der Waals surface area contributed by atoms with Gasteiger partial charge in [0.05, 0.1) is 12.8 Å². The smallest absolute Gasteiger partial charge is 0.255 e. The van der Waals surface area contributed by atoms with Crippen LogP contribution in [0.25, 0.3) is 0 Å². The quantitative estimate of drug-likeness (QED) is 0.577. The summed E-state index contributed by atoms with van der Waals surface area (Å²) >= 11 is 0. The molecule has 1 aliphatic carbocycles. The zero-order valence-corrected chi connectivity index (χ0v) is 18.6. The van der Waals surface area contributed by atoms with Crippen LogP contribution in [-0.2, 0) is 14.3 Å². The van der Waals surface area contributed by atoms with Gasteiger partial charge >= 0.3 is 0 Å². The summed E-state index contributed by atoms with van der Waals surface area (Å²) in [5.41, 5.74) is 2.84. The third kappa shape index (κ3) is 5.85. The van der Waals surface area contributed by atoms with Gasteiger partial charge in [-0.25, -0.2) is 0 Å². The number of carbonyl (C=O) groups excluding carboxylic acids is 3. The molecule has 0 aromatic heterocycles. The molecule has 8 heteroatoms. The van der Waals surface area contributed by atoms with E-state index < -0.39 is 0 Å². The molecule has 1 saturated carbocycles. The predicted octanol–water partition coefficient (Wildman–Crippen LogP) is 3.97. The van der Waals surface area contributed by atoms with E-state index in [0.29, 0.717) is 28.4 Å². The maximum Gasteiger partial charge on any atom is 0.255 e. The van der Waals surface area contributed by atoms with Gasteiger partial charge in [-0.1, -0.05) is 18.9 Å². The van der Waals surface area contributed by atoms with Crippen molar-refractivity contribution in [3.8, 4) is 5.75 Å². The van der Waals surface area contributed by atoms with Crippen LogP contribution in [0.2, 0.25) is 0 Å². The van der Waals surface area contributed by atoms with Crippen molar-refractivity contribution in [3.63, 3.8) is 0 Å². The summed E-state index contributed by atoms with van der Waals surface area (Å²) in [7, 11) is 2.92. The van der Waals surface area contributed by atoms with Gasteiger partial charge in [0.25, 0.3) is 5.91 Å². The van der Waals surface area contributed by atoms with E-state index in [1.807, 2.05) is 13.0 Å². The predicted molar refractivity (Wildman–Crippen MR) is 123 cm³/mol. The molecule has 32 heavy (non-hydrogen) atoms. The zero-order chi connectivity index (χ0) is 23.1. The van der Waals surface area contributed by atoms with Crippen molar-refractivity contribution in [2.24, 2.45) is 5.92 Å². The second kappa shape index (κ2) is 10.8. The summed E-state index contributed by atoms with van der Waals surface area (Å²) in [5.74, 6) is -0.163. The monoisotopic (exact) mass is 439 g/mol. The highest BCUT2D eigenvalue weighted by molar-refractivity contribution is 6.06. The molecule has 0 spiro atoms. The van der Waals surface area contributed by atoms with Gasteiger partial charge in [-0.3, -0.25) is 14.4 Å². The van der Waals surface area contributed by atoms with Crippen LogP contribution in [-0.4, -0.2) is 38.5 Å². The number of benzene rings is 2. The zero-order valence-electron chi connectivity index (χ0n) is 18.6. The van der Waals surface area contributed by atoms with E-state index in [9.17, 15) is 14.4 Å². The van der Waals surface area contributed by atoms with E-state index in [4.69, 9.17) is 9.47 Å². The lowest BCUT2D eigenvalue weighted by Crippen LogP contribution is -2.21. The van der Waals surface area contributed by atoms with E-state index in [1.54, 1.807) is 30.3 Å². The number of amides is 3. The van der Waals surface area contributed by atoms with E-state index in [1.165, 1.54) is 14.2 Å². The molecule has 1 aliphatic rings. The fourth-order valence-electron chi connectivity index (χ4n) is 3.72. The van der Waals surface area contributed by atoms with Crippen LogP contribution in [0.15, 0.2) is 36.4 Å². The highest BCUT2D eigenvalue weighted by Gasteiger charge is 2.23. The van der Waals surface area contributed by atoms with Gasteiger partial charge in [0, 0.05) is 30.0 Å². The highest BCUT2D eigenvalue weighted by atomic mass is 16.5. The van der Waals surface area contributed by atoms with Crippen LogP contribution in [0.4, 0.5) is 17.1 Å². The fourth-order valence-corrected chi connectivity index (χ4v) is 3.72.